The molecular formula is C18H25N3O3S. The van der Waals surface area contributed by atoms with E-state index in [9.17, 15) is 9.59 Å². The van der Waals surface area contributed by atoms with Gasteiger partial charge in [0.1, 0.15) is 6.04 Å². The molecule has 1 N–H and O–H groups in total. The van der Waals surface area contributed by atoms with E-state index in [1.807, 2.05) is 30.5 Å². The Bertz CT molecular complexity index is 731. The van der Waals surface area contributed by atoms with Crippen LogP contribution in [0, 0.1) is 11.8 Å². The van der Waals surface area contributed by atoms with E-state index in [1.54, 1.807) is 6.07 Å². The molecule has 3 heterocycles. The van der Waals surface area contributed by atoms with Crippen molar-refractivity contribution in [3.05, 3.63) is 34.2 Å². The van der Waals surface area contributed by atoms with Gasteiger partial charge in [0.05, 0.1) is 7.11 Å². The number of nitrogens with zero attached hydrogens (tertiary/aromatic N) is 2. The summed E-state index contributed by atoms with van der Waals surface area (Å²) < 4.78 is 6.78. The van der Waals surface area contributed by atoms with Gasteiger partial charge in [-0.3, -0.25) is 4.79 Å². The molecule has 25 heavy (non-hydrogen) atoms. The van der Waals surface area contributed by atoms with Gasteiger partial charge < -0.3 is 19.5 Å². The molecule has 0 amide bonds. The van der Waals surface area contributed by atoms with Gasteiger partial charge in [-0.25, -0.2) is 4.79 Å². The van der Waals surface area contributed by atoms with Crippen LogP contribution in [0.4, 0.5) is 0 Å². The first-order valence-corrected chi connectivity index (χ1v) is 9.14. The number of thiocarbonyl (C=S) groups is 1. The van der Waals surface area contributed by atoms with E-state index in [0.717, 1.165) is 31.7 Å². The smallest absolute Gasteiger partial charge is 0.328 e. The van der Waals surface area contributed by atoms with Crippen molar-refractivity contribution in [3.8, 4) is 0 Å². The summed E-state index contributed by atoms with van der Waals surface area (Å²) in [6, 6.07) is 5.04. The molecule has 3 atom stereocenters. The predicted octanol–water partition coefficient (Wildman–Crippen LogP) is 1.34. The molecule has 136 valence electrons. The van der Waals surface area contributed by atoms with Gasteiger partial charge in [-0.1, -0.05) is 19.9 Å². The Labute approximate surface area is 153 Å². The van der Waals surface area contributed by atoms with E-state index in [2.05, 4.69) is 10.2 Å². The molecule has 1 fully saturated rings. The van der Waals surface area contributed by atoms with Gasteiger partial charge in [0.25, 0.3) is 5.56 Å². The molecule has 0 radical (unpaired) electrons. The Morgan fingerprint density at radius 2 is 2.08 bits per heavy atom. The second-order valence-corrected chi connectivity index (χ2v) is 7.68. The minimum Gasteiger partial charge on any atom is -0.467 e. The van der Waals surface area contributed by atoms with Gasteiger partial charge in [-0.15, -0.1) is 0 Å². The van der Waals surface area contributed by atoms with Crippen molar-refractivity contribution in [2.24, 2.45) is 11.8 Å². The molecule has 1 aromatic heterocycles. The second kappa shape index (κ2) is 7.15. The molecule has 2 unspecified atom stereocenters. The maximum absolute atomic E-state index is 12.1. The van der Waals surface area contributed by atoms with Gasteiger partial charge >= 0.3 is 5.97 Å². The number of pyridine rings is 1. The van der Waals surface area contributed by atoms with Crippen LogP contribution in [0.2, 0.25) is 0 Å². The van der Waals surface area contributed by atoms with Crippen LogP contribution in [0.3, 0.4) is 0 Å². The minimum absolute atomic E-state index is 0.0758. The van der Waals surface area contributed by atoms with E-state index in [0.29, 0.717) is 11.0 Å². The number of carbonyl (C=O) groups is 1. The zero-order chi connectivity index (χ0) is 18.1. The molecule has 7 heteroatoms. The van der Waals surface area contributed by atoms with Gasteiger partial charge in [0.2, 0.25) is 0 Å². The van der Waals surface area contributed by atoms with Crippen molar-refractivity contribution in [2.75, 3.05) is 20.2 Å². The summed E-state index contributed by atoms with van der Waals surface area (Å²) >= 11 is 5.58. The fourth-order valence-electron chi connectivity index (χ4n) is 3.91. The Morgan fingerprint density at radius 3 is 2.76 bits per heavy atom. The topological polar surface area (TPSA) is 63.6 Å². The number of esters is 1. The number of likely N-dealkylation sites (tertiary alicyclic amines) is 1. The molecule has 2 bridgehead atoms. The molecule has 1 saturated heterocycles. The third-order valence-corrected chi connectivity index (χ3v) is 5.54. The highest BCUT2D eigenvalue weighted by Gasteiger charge is 2.36. The van der Waals surface area contributed by atoms with Gasteiger partial charge in [-0.05, 0) is 36.5 Å². The van der Waals surface area contributed by atoms with Crippen LogP contribution in [0.1, 0.15) is 31.9 Å². The Kier molecular flexibility index (Phi) is 5.13. The lowest BCUT2D eigenvalue weighted by atomic mass is 9.83. The monoisotopic (exact) mass is 363 g/mol. The van der Waals surface area contributed by atoms with E-state index in [-0.39, 0.29) is 23.4 Å². The molecule has 6 nitrogen and oxygen atoms in total. The number of methoxy groups -OCH3 is 1. The number of hydrogen-bond donors (Lipinski definition) is 1. The fraction of sp³-hybridized carbons (Fsp3) is 0.611. The molecular weight excluding hydrogens is 338 g/mol. The van der Waals surface area contributed by atoms with Crippen molar-refractivity contribution in [2.45, 2.75) is 38.8 Å². The van der Waals surface area contributed by atoms with Crippen LogP contribution in [0.25, 0.3) is 0 Å². The Balaban J connectivity index is 1.75. The lowest BCUT2D eigenvalue weighted by Crippen LogP contribution is -2.55. The highest BCUT2D eigenvalue weighted by atomic mass is 32.1. The highest BCUT2D eigenvalue weighted by Crippen LogP contribution is 2.34. The van der Waals surface area contributed by atoms with Gasteiger partial charge in [0, 0.05) is 37.3 Å². The van der Waals surface area contributed by atoms with Gasteiger partial charge in [-0.2, -0.15) is 0 Å². The number of carbonyl (C=O) groups excluding carboxylic acids is 1. The average molecular weight is 363 g/mol. The van der Waals surface area contributed by atoms with Crippen LogP contribution in [0.15, 0.2) is 23.0 Å². The van der Waals surface area contributed by atoms with Crippen LogP contribution < -0.4 is 10.9 Å². The number of fused-ring (bicyclic) bond motifs is 4. The molecule has 0 aliphatic carbocycles. The van der Waals surface area contributed by atoms with Gasteiger partial charge in [0.15, 0.2) is 5.11 Å². The zero-order valence-corrected chi connectivity index (χ0v) is 15.7. The molecule has 3 rings (SSSR count). The largest absolute Gasteiger partial charge is 0.467 e. The predicted molar refractivity (Wildman–Crippen MR) is 99.5 cm³/mol. The lowest BCUT2D eigenvalue weighted by molar-refractivity contribution is -0.143. The number of piperidine rings is 1. The molecule has 0 aromatic carbocycles. The number of aromatic nitrogens is 1. The summed E-state index contributed by atoms with van der Waals surface area (Å²) in [5, 5.41) is 3.76. The number of hydrogen-bond acceptors (Lipinski definition) is 4. The summed E-state index contributed by atoms with van der Waals surface area (Å²) in [5.74, 6) is 0.457. The maximum Gasteiger partial charge on any atom is 0.328 e. The molecule has 1 aromatic rings. The SMILES string of the molecule is COC(=O)C(NC(=S)N1CC2C[C@H](C1)Cn1c2cccc1=O)C(C)C. The summed E-state index contributed by atoms with van der Waals surface area (Å²) in [6.07, 6.45) is 1.08. The van der Waals surface area contributed by atoms with Crippen LogP contribution >= 0.6 is 12.2 Å². The van der Waals surface area contributed by atoms with Crippen molar-refractivity contribution < 1.29 is 9.53 Å². The van der Waals surface area contributed by atoms with Crippen molar-refractivity contribution in [3.63, 3.8) is 0 Å². The summed E-state index contributed by atoms with van der Waals surface area (Å²) in [7, 11) is 1.39. The highest BCUT2D eigenvalue weighted by molar-refractivity contribution is 7.80. The Hall–Kier alpha value is -1.89. The van der Waals surface area contributed by atoms with E-state index in [4.69, 9.17) is 17.0 Å². The van der Waals surface area contributed by atoms with Crippen LogP contribution in [0.5, 0.6) is 0 Å². The molecule has 0 spiro atoms. The molecule has 2 aliphatic rings. The first-order valence-electron chi connectivity index (χ1n) is 8.73. The first-order chi connectivity index (χ1) is 11.9. The zero-order valence-electron chi connectivity index (χ0n) is 14.9. The average Bonchev–Trinajstić information content (AvgIpc) is 2.59. The third kappa shape index (κ3) is 3.56. The van der Waals surface area contributed by atoms with E-state index in [1.165, 1.54) is 7.11 Å². The Morgan fingerprint density at radius 1 is 1.32 bits per heavy atom. The fourth-order valence-corrected chi connectivity index (χ4v) is 4.19. The number of rotatable bonds is 3. The first kappa shape index (κ1) is 17.9. The van der Waals surface area contributed by atoms with Crippen molar-refractivity contribution in [1.82, 2.24) is 14.8 Å². The van der Waals surface area contributed by atoms with Crippen LogP contribution in [-0.2, 0) is 16.1 Å². The normalized spacial score (nSPS) is 23.0. The van der Waals surface area contributed by atoms with E-state index >= 15 is 0 Å². The van der Waals surface area contributed by atoms with E-state index < -0.39 is 6.04 Å². The minimum atomic E-state index is -0.450. The number of ether oxygens (including phenoxy) is 1. The van der Waals surface area contributed by atoms with Crippen molar-refractivity contribution in [1.29, 1.82) is 0 Å². The van der Waals surface area contributed by atoms with Crippen molar-refractivity contribution >= 4 is 23.3 Å². The summed E-state index contributed by atoms with van der Waals surface area (Å²) in [4.78, 5) is 26.2. The third-order valence-electron chi connectivity index (χ3n) is 5.17. The van der Waals surface area contributed by atoms with Crippen LogP contribution in [-0.4, -0.2) is 46.8 Å². The summed E-state index contributed by atoms with van der Waals surface area (Å²) in [6.45, 7) is 6.22. The standard InChI is InChI=1S/C18H25N3O3S/c1-11(2)16(17(23)24-3)19-18(25)20-8-12-7-13(10-20)14-5-4-6-15(22)21(14)9-12/h4-6,11-13,16H,7-10H2,1-3H3,(H,19,25)/t12-,13?,16?/m1/s1. The molecule has 2 aliphatic heterocycles. The second-order valence-electron chi connectivity index (χ2n) is 7.30. The number of nitrogens with one attached hydrogen (secondary N) is 1. The maximum atomic E-state index is 12.1. The summed E-state index contributed by atoms with van der Waals surface area (Å²) in [5.41, 5.74) is 1.16. The quantitative estimate of drug-likeness (QED) is 0.646. The molecule has 0 saturated carbocycles. The lowest BCUT2D eigenvalue weighted by Gasteiger charge is -2.44.